The third-order valence-electron chi connectivity index (χ3n) is 4.50. The van der Waals surface area contributed by atoms with E-state index in [1.807, 2.05) is 19.1 Å². The molecule has 3 rings (SSSR count). The smallest absolute Gasteiger partial charge is 0.226 e. The zero-order chi connectivity index (χ0) is 16.9. The van der Waals surface area contributed by atoms with Crippen LogP contribution in [-0.4, -0.2) is 44.8 Å². The van der Waals surface area contributed by atoms with Crippen molar-refractivity contribution in [2.45, 2.75) is 25.8 Å². The fraction of sp³-hybridized carbons (Fsp3) is 0.647. The Kier molecular flexibility index (Phi) is 5.52. The lowest BCUT2D eigenvalue weighted by molar-refractivity contribution is -0.127. The van der Waals surface area contributed by atoms with E-state index in [4.69, 9.17) is 13.9 Å². The van der Waals surface area contributed by atoms with E-state index in [0.29, 0.717) is 38.7 Å². The number of carbonyl (C=O) groups excluding carboxylic acids is 2. The van der Waals surface area contributed by atoms with Crippen LogP contribution < -0.4 is 10.6 Å². The zero-order valence-corrected chi connectivity index (χ0v) is 13.9. The Morgan fingerprint density at radius 2 is 1.79 bits per heavy atom. The number of hydrogen-bond donors (Lipinski definition) is 2. The first kappa shape index (κ1) is 17.0. The first-order valence-corrected chi connectivity index (χ1v) is 8.43. The van der Waals surface area contributed by atoms with Gasteiger partial charge >= 0.3 is 0 Å². The van der Waals surface area contributed by atoms with Gasteiger partial charge in [0.1, 0.15) is 17.6 Å². The molecule has 24 heavy (non-hydrogen) atoms. The highest BCUT2D eigenvalue weighted by atomic mass is 16.5. The Bertz CT molecular complexity index is 573. The van der Waals surface area contributed by atoms with Gasteiger partial charge in [-0.15, -0.1) is 0 Å². The summed E-state index contributed by atoms with van der Waals surface area (Å²) in [6, 6.07) is 3.29. The van der Waals surface area contributed by atoms with Crippen molar-refractivity contribution in [2.75, 3.05) is 33.0 Å². The van der Waals surface area contributed by atoms with Gasteiger partial charge in [0, 0.05) is 19.8 Å². The molecule has 0 spiro atoms. The van der Waals surface area contributed by atoms with Crippen LogP contribution in [0.1, 0.15) is 30.4 Å². The van der Waals surface area contributed by atoms with Crippen LogP contribution in [0.3, 0.4) is 0 Å². The largest absolute Gasteiger partial charge is 0.464 e. The quantitative estimate of drug-likeness (QED) is 0.807. The summed E-state index contributed by atoms with van der Waals surface area (Å²) in [7, 11) is 0. The third kappa shape index (κ3) is 4.15. The summed E-state index contributed by atoms with van der Waals surface area (Å²) in [6.07, 6.45) is 1.46. The lowest BCUT2D eigenvalue weighted by atomic mass is 10.1. The molecule has 0 radical (unpaired) electrons. The van der Waals surface area contributed by atoms with Crippen LogP contribution in [0.25, 0.3) is 0 Å². The summed E-state index contributed by atoms with van der Waals surface area (Å²) in [5.74, 6) is 1.06. The van der Waals surface area contributed by atoms with Gasteiger partial charge in [-0.25, -0.2) is 0 Å². The van der Waals surface area contributed by atoms with Crippen molar-refractivity contribution in [3.8, 4) is 0 Å². The minimum atomic E-state index is -0.391. The fourth-order valence-corrected chi connectivity index (χ4v) is 2.98. The molecule has 2 saturated heterocycles. The van der Waals surface area contributed by atoms with E-state index in [1.54, 1.807) is 0 Å². The summed E-state index contributed by atoms with van der Waals surface area (Å²) in [6.45, 7) is 4.28. The van der Waals surface area contributed by atoms with E-state index in [0.717, 1.165) is 18.6 Å². The van der Waals surface area contributed by atoms with E-state index in [9.17, 15) is 9.59 Å². The summed E-state index contributed by atoms with van der Waals surface area (Å²) >= 11 is 0. The molecule has 2 aliphatic heterocycles. The second-order valence-corrected chi connectivity index (χ2v) is 6.38. The summed E-state index contributed by atoms with van der Waals surface area (Å²) in [4.78, 5) is 24.5. The van der Waals surface area contributed by atoms with Crippen LogP contribution in [0.15, 0.2) is 16.5 Å². The van der Waals surface area contributed by atoms with Crippen LogP contribution in [0.2, 0.25) is 0 Å². The van der Waals surface area contributed by atoms with Crippen molar-refractivity contribution in [1.29, 1.82) is 0 Å². The van der Waals surface area contributed by atoms with Crippen molar-refractivity contribution < 1.29 is 23.5 Å². The average molecular weight is 336 g/mol. The molecule has 2 fully saturated rings. The highest BCUT2D eigenvalue weighted by Gasteiger charge is 2.28. The minimum Gasteiger partial charge on any atom is -0.464 e. The van der Waals surface area contributed by atoms with Gasteiger partial charge in [-0.3, -0.25) is 9.59 Å². The first-order valence-electron chi connectivity index (χ1n) is 8.43. The second-order valence-electron chi connectivity index (χ2n) is 6.38. The molecule has 3 heterocycles. The molecule has 2 N–H and O–H groups in total. The SMILES string of the molecule is Cc1ccc([C@H](CNC(=O)[C@@H]2CCOC2)NC(=O)[C@@H]2CCOC2)o1. The van der Waals surface area contributed by atoms with Crippen LogP contribution in [-0.2, 0) is 19.1 Å². The van der Waals surface area contributed by atoms with Crippen molar-refractivity contribution in [1.82, 2.24) is 10.6 Å². The fourth-order valence-electron chi connectivity index (χ4n) is 2.98. The molecule has 3 atom stereocenters. The summed E-state index contributed by atoms with van der Waals surface area (Å²) in [5.41, 5.74) is 0. The molecule has 132 valence electrons. The van der Waals surface area contributed by atoms with Gasteiger partial charge in [0.05, 0.1) is 25.0 Å². The molecule has 1 aromatic heterocycles. The topological polar surface area (TPSA) is 89.8 Å². The highest BCUT2D eigenvalue weighted by molar-refractivity contribution is 5.80. The second kappa shape index (κ2) is 7.81. The molecule has 0 aromatic carbocycles. The molecular weight excluding hydrogens is 312 g/mol. The Morgan fingerprint density at radius 3 is 2.33 bits per heavy atom. The molecule has 0 unspecified atom stereocenters. The van der Waals surface area contributed by atoms with Gasteiger partial charge in [0.25, 0.3) is 0 Å². The van der Waals surface area contributed by atoms with Crippen molar-refractivity contribution in [3.05, 3.63) is 23.7 Å². The number of carbonyl (C=O) groups is 2. The molecule has 1 aromatic rings. The normalized spacial score (nSPS) is 24.7. The predicted octanol–water partition coefficient (Wildman–Crippen LogP) is 0.935. The molecule has 7 heteroatoms. The van der Waals surface area contributed by atoms with Crippen LogP contribution in [0, 0.1) is 18.8 Å². The lowest BCUT2D eigenvalue weighted by Gasteiger charge is -2.20. The maximum Gasteiger partial charge on any atom is 0.226 e. The van der Waals surface area contributed by atoms with Crippen molar-refractivity contribution >= 4 is 11.8 Å². The summed E-state index contributed by atoms with van der Waals surface area (Å²) in [5, 5.41) is 5.88. The minimum absolute atomic E-state index is 0.0424. The Morgan fingerprint density at radius 1 is 1.12 bits per heavy atom. The van der Waals surface area contributed by atoms with Gasteiger partial charge in [0.15, 0.2) is 0 Å². The number of amides is 2. The van der Waals surface area contributed by atoms with Gasteiger partial charge < -0.3 is 24.5 Å². The number of furan rings is 1. The first-order chi connectivity index (χ1) is 11.6. The molecule has 0 saturated carbocycles. The standard InChI is InChI=1S/C17H24N2O5/c1-11-2-3-15(24-11)14(19-17(21)13-5-7-23-10-13)8-18-16(20)12-4-6-22-9-12/h2-3,12-14H,4-10H2,1H3,(H,18,20)(H,19,21)/t12-,13-,14+/m1/s1. The lowest BCUT2D eigenvalue weighted by Crippen LogP contribution is -2.42. The van der Waals surface area contributed by atoms with Crippen molar-refractivity contribution in [3.63, 3.8) is 0 Å². The molecule has 2 amide bonds. The zero-order valence-electron chi connectivity index (χ0n) is 13.9. The van der Waals surface area contributed by atoms with E-state index in [-0.39, 0.29) is 23.7 Å². The highest BCUT2D eigenvalue weighted by Crippen LogP contribution is 2.19. The van der Waals surface area contributed by atoms with Crippen LogP contribution in [0.5, 0.6) is 0 Å². The number of rotatable bonds is 6. The number of ether oxygens (including phenoxy) is 2. The molecule has 0 aliphatic carbocycles. The summed E-state index contributed by atoms with van der Waals surface area (Å²) < 4.78 is 16.2. The maximum absolute atomic E-state index is 12.4. The molecule has 2 aliphatic rings. The van der Waals surface area contributed by atoms with Crippen LogP contribution >= 0.6 is 0 Å². The average Bonchev–Trinajstić information content (AvgIpc) is 3.32. The number of nitrogens with one attached hydrogen (secondary N) is 2. The molecule has 0 bridgehead atoms. The van der Waals surface area contributed by atoms with E-state index < -0.39 is 6.04 Å². The molecular formula is C17H24N2O5. The maximum atomic E-state index is 12.4. The molecule has 7 nitrogen and oxygen atoms in total. The van der Waals surface area contributed by atoms with Crippen molar-refractivity contribution in [2.24, 2.45) is 11.8 Å². The third-order valence-corrected chi connectivity index (χ3v) is 4.50. The predicted molar refractivity (Wildman–Crippen MR) is 85.2 cm³/mol. The Hall–Kier alpha value is -1.86. The number of hydrogen-bond acceptors (Lipinski definition) is 5. The van der Waals surface area contributed by atoms with Gasteiger partial charge in [-0.2, -0.15) is 0 Å². The van der Waals surface area contributed by atoms with Gasteiger partial charge in [-0.1, -0.05) is 0 Å². The Labute approximate surface area is 141 Å². The van der Waals surface area contributed by atoms with E-state index in [1.165, 1.54) is 0 Å². The van der Waals surface area contributed by atoms with Gasteiger partial charge in [0.2, 0.25) is 11.8 Å². The number of aryl methyl sites for hydroxylation is 1. The van der Waals surface area contributed by atoms with Gasteiger partial charge in [-0.05, 0) is 31.9 Å². The Balaban J connectivity index is 1.60. The van der Waals surface area contributed by atoms with E-state index >= 15 is 0 Å². The monoisotopic (exact) mass is 336 g/mol. The van der Waals surface area contributed by atoms with E-state index in [2.05, 4.69) is 10.6 Å². The van der Waals surface area contributed by atoms with Crippen LogP contribution in [0.4, 0.5) is 0 Å².